The quantitative estimate of drug-likeness (QED) is 0.377. The first-order chi connectivity index (χ1) is 15.9. The van der Waals surface area contributed by atoms with E-state index in [-0.39, 0.29) is 11.8 Å². The Morgan fingerprint density at radius 1 is 0.970 bits per heavy atom. The van der Waals surface area contributed by atoms with Gasteiger partial charge in [0.15, 0.2) is 0 Å². The van der Waals surface area contributed by atoms with E-state index in [1.165, 1.54) is 7.11 Å². The third-order valence-electron chi connectivity index (χ3n) is 5.48. The van der Waals surface area contributed by atoms with Gasteiger partial charge in [-0.25, -0.2) is 4.79 Å². The Labute approximate surface area is 190 Å². The van der Waals surface area contributed by atoms with Crippen molar-refractivity contribution in [3.63, 3.8) is 0 Å². The van der Waals surface area contributed by atoms with Crippen molar-refractivity contribution >= 4 is 40.1 Å². The second-order valence-electron chi connectivity index (χ2n) is 7.80. The number of fused-ring (bicyclic) bond motifs is 1. The first-order valence-corrected chi connectivity index (χ1v) is 10.4. The predicted molar refractivity (Wildman–Crippen MR) is 125 cm³/mol. The zero-order chi connectivity index (χ0) is 23.5. The zero-order valence-corrected chi connectivity index (χ0v) is 18.6. The molecule has 4 rings (SSSR count). The van der Waals surface area contributed by atoms with Crippen LogP contribution in [-0.2, 0) is 30.0 Å². The Morgan fingerprint density at radius 2 is 1.64 bits per heavy atom. The first-order valence-electron chi connectivity index (χ1n) is 10.4. The van der Waals surface area contributed by atoms with Gasteiger partial charge in [-0.1, -0.05) is 18.2 Å². The van der Waals surface area contributed by atoms with E-state index >= 15 is 0 Å². The number of esters is 1. The summed E-state index contributed by atoms with van der Waals surface area (Å²) in [7, 11) is 4.71. The maximum absolute atomic E-state index is 12.7. The number of carbonyl (C=O) groups excluding carboxylic acids is 3. The van der Waals surface area contributed by atoms with Crippen molar-refractivity contribution in [2.75, 3.05) is 17.7 Å². The molecule has 0 bridgehead atoms. The van der Waals surface area contributed by atoms with Crippen molar-refractivity contribution in [2.45, 2.75) is 12.8 Å². The monoisotopic (exact) mass is 447 g/mol. The van der Waals surface area contributed by atoms with Crippen LogP contribution >= 0.6 is 0 Å². The number of carbonyl (C=O) groups is 3. The Balaban J connectivity index is 1.38. The molecule has 4 aromatic rings. The van der Waals surface area contributed by atoms with Crippen molar-refractivity contribution in [2.24, 2.45) is 14.1 Å². The van der Waals surface area contributed by atoms with Crippen molar-refractivity contribution in [1.82, 2.24) is 14.1 Å². The lowest BCUT2D eigenvalue weighted by Gasteiger charge is -2.03. The summed E-state index contributed by atoms with van der Waals surface area (Å²) in [4.78, 5) is 40.2. The minimum absolute atomic E-state index is 0.136. The van der Waals surface area contributed by atoms with Gasteiger partial charge in [-0.15, -0.1) is 0 Å². The van der Waals surface area contributed by atoms with E-state index in [2.05, 4.69) is 15.6 Å². The molecule has 0 aliphatic rings. The summed E-state index contributed by atoms with van der Waals surface area (Å²) in [6, 6.07) is 11.1. The molecule has 0 fully saturated rings. The second-order valence-corrected chi connectivity index (χ2v) is 7.80. The van der Waals surface area contributed by atoms with Crippen LogP contribution in [0.1, 0.15) is 33.0 Å². The largest absolute Gasteiger partial charge is 0.464 e. The Bertz CT molecular complexity index is 1340. The number of aryl methyl sites for hydroxylation is 3. The third-order valence-corrected chi connectivity index (χ3v) is 5.48. The predicted octanol–water partition coefficient (Wildman–Crippen LogP) is 3.46. The zero-order valence-electron chi connectivity index (χ0n) is 18.6. The number of para-hydroxylation sites is 1. The summed E-state index contributed by atoms with van der Waals surface area (Å²) in [5, 5.41) is 6.73. The van der Waals surface area contributed by atoms with Crippen LogP contribution in [0, 0.1) is 0 Å². The van der Waals surface area contributed by atoms with Crippen molar-refractivity contribution < 1.29 is 19.1 Å². The minimum atomic E-state index is -0.491. The number of hydrogen-bond donors (Lipinski definition) is 3. The Hall–Kier alpha value is -4.27. The number of amides is 2. The van der Waals surface area contributed by atoms with Gasteiger partial charge < -0.3 is 29.5 Å². The molecule has 3 aromatic heterocycles. The number of benzene rings is 1. The normalized spacial score (nSPS) is 10.9. The van der Waals surface area contributed by atoms with Gasteiger partial charge in [0.2, 0.25) is 5.91 Å². The highest BCUT2D eigenvalue weighted by atomic mass is 16.5. The molecule has 0 saturated heterocycles. The fraction of sp³-hybridized carbons (Fsp3) is 0.208. The first kappa shape index (κ1) is 21.9. The molecule has 3 N–H and O–H groups in total. The highest BCUT2D eigenvalue weighted by Crippen LogP contribution is 2.20. The SMILES string of the molecule is COC(=O)c1cc(NC(=O)c2cc(NC(=O)CCc3c[nH]c4ccccc34)cn2C)cn1C. The Kier molecular flexibility index (Phi) is 6.03. The van der Waals surface area contributed by atoms with Crippen LogP contribution in [0.15, 0.2) is 55.0 Å². The molecule has 0 spiro atoms. The summed E-state index contributed by atoms with van der Waals surface area (Å²) >= 11 is 0. The highest BCUT2D eigenvalue weighted by Gasteiger charge is 2.17. The van der Waals surface area contributed by atoms with Crippen molar-refractivity contribution in [3.8, 4) is 0 Å². The van der Waals surface area contributed by atoms with Gasteiger partial charge in [-0.2, -0.15) is 0 Å². The lowest BCUT2D eigenvalue weighted by atomic mass is 10.1. The molecule has 0 saturated carbocycles. The molecule has 33 heavy (non-hydrogen) atoms. The van der Waals surface area contributed by atoms with Gasteiger partial charge >= 0.3 is 5.97 Å². The number of nitrogens with zero attached hydrogens (tertiary/aromatic N) is 2. The number of aromatic nitrogens is 3. The third kappa shape index (κ3) is 4.67. The van der Waals surface area contributed by atoms with Crippen LogP contribution < -0.4 is 10.6 Å². The molecular formula is C24H25N5O4. The van der Waals surface area contributed by atoms with E-state index in [0.717, 1.165) is 16.5 Å². The van der Waals surface area contributed by atoms with Crippen LogP contribution in [0.25, 0.3) is 10.9 Å². The molecule has 9 nitrogen and oxygen atoms in total. The molecule has 3 heterocycles. The molecule has 2 amide bonds. The summed E-state index contributed by atoms with van der Waals surface area (Å²) in [5.74, 6) is -0.989. The van der Waals surface area contributed by atoms with Gasteiger partial charge in [0.1, 0.15) is 11.4 Å². The summed E-state index contributed by atoms with van der Waals surface area (Å²) < 4.78 is 7.93. The second kappa shape index (κ2) is 9.07. The fourth-order valence-corrected chi connectivity index (χ4v) is 3.80. The van der Waals surface area contributed by atoms with Crippen molar-refractivity contribution in [3.05, 3.63) is 71.9 Å². The summed E-state index contributed by atoms with van der Waals surface area (Å²) in [6.07, 6.45) is 6.16. The Morgan fingerprint density at radius 3 is 2.39 bits per heavy atom. The van der Waals surface area contributed by atoms with Crippen molar-refractivity contribution in [1.29, 1.82) is 0 Å². The average Bonchev–Trinajstić information content (AvgIpc) is 3.48. The molecule has 1 aromatic carbocycles. The molecular weight excluding hydrogens is 422 g/mol. The number of hydrogen-bond acceptors (Lipinski definition) is 4. The van der Waals surface area contributed by atoms with Gasteiger partial charge in [-0.05, 0) is 30.2 Å². The van der Waals surface area contributed by atoms with Crippen LogP contribution in [-0.4, -0.2) is 39.0 Å². The maximum Gasteiger partial charge on any atom is 0.354 e. The van der Waals surface area contributed by atoms with E-state index < -0.39 is 5.97 Å². The molecule has 0 aliphatic carbocycles. The smallest absolute Gasteiger partial charge is 0.354 e. The van der Waals surface area contributed by atoms with Crippen LogP contribution in [0.2, 0.25) is 0 Å². The van der Waals surface area contributed by atoms with E-state index in [9.17, 15) is 14.4 Å². The number of nitrogens with one attached hydrogen (secondary N) is 3. The maximum atomic E-state index is 12.7. The van der Waals surface area contributed by atoms with Crippen LogP contribution in [0.3, 0.4) is 0 Å². The lowest BCUT2D eigenvalue weighted by Crippen LogP contribution is -2.15. The number of aromatic amines is 1. The average molecular weight is 447 g/mol. The summed E-state index contributed by atoms with van der Waals surface area (Å²) in [6.45, 7) is 0. The lowest BCUT2D eigenvalue weighted by molar-refractivity contribution is -0.116. The topological polar surface area (TPSA) is 110 Å². The van der Waals surface area contributed by atoms with Gasteiger partial charge in [0.05, 0.1) is 18.5 Å². The molecule has 0 atom stereocenters. The molecule has 170 valence electrons. The number of ether oxygens (including phenoxy) is 1. The van der Waals surface area contributed by atoms with E-state index in [1.54, 1.807) is 47.8 Å². The van der Waals surface area contributed by atoms with Gasteiger partial charge in [0, 0.05) is 50.0 Å². The molecule has 0 aliphatic heterocycles. The number of methoxy groups -OCH3 is 1. The number of H-pyrrole nitrogens is 1. The van der Waals surface area contributed by atoms with Crippen LogP contribution in [0.4, 0.5) is 11.4 Å². The minimum Gasteiger partial charge on any atom is -0.464 e. The van der Waals surface area contributed by atoms with E-state index in [4.69, 9.17) is 4.74 Å². The highest BCUT2D eigenvalue weighted by molar-refractivity contribution is 6.05. The number of rotatable bonds is 7. The van der Waals surface area contributed by atoms with Gasteiger partial charge in [-0.3, -0.25) is 9.59 Å². The van der Waals surface area contributed by atoms with E-state index in [0.29, 0.717) is 35.6 Å². The van der Waals surface area contributed by atoms with Crippen LogP contribution in [0.5, 0.6) is 0 Å². The standard InChI is InChI=1S/C24H25N5O4/c1-28-13-16(26-22(30)9-8-15-12-25-19-7-5-4-6-18(15)19)10-20(28)23(31)27-17-11-21(24(32)33-3)29(2)14-17/h4-7,10-14,25H,8-9H2,1-3H3,(H,26,30)(H,27,31). The van der Waals surface area contributed by atoms with E-state index in [1.807, 2.05) is 30.5 Å². The molecule has 0 radical (unpaired) electrons. The fourth-order valence-electron chi connectivity index (χ4n) is 3.80. The van der Waals surface area contributed by atoms with Gasteiger partial charge in [0.25, 0.3) is 5.91 Å². The molecule has 0 unspecified atom stereocenters. The summed E-state index contributed by atoms with van der Waals surface area (Å²) in [5.41, 5.74) is 3.82. The molecule has 9 heteroatoms. The number of anilines is 2.